The molecular weight excluding hydrogens is 517 g/mol. The number of nitrogens with one attached hydrogen (secondary N) is 3. The Labute approximate surface area is 228 Å². The first-order chi connectivity index (χ1) is 19.2. The minimum absolute atomic E-state index is 0.260. The lowest BCUT2D eigenvalue weighted by Crippen LogP contribution is -2.55. The van der Waals surface area contributed by atoms with Gasteiger partial charge in [-0.2, -0.15) is 15.2 Å². The molecule has 3 amide bonds. The molecule has 2 saturated heterocycles. The third-order valence-electron chi connectivity index (χ3n) is 7.32. The van der Waals surface area contributed by atoms with Gasteiger partial charge in [-0.05, 0) is 45.2 Å². The summed E-state index contributed by atoms with van der Waals surface area (Å²) < 4.78 is 14.6. The minimum Gasteiger partial charge on any atom is -0.341 e. The molecule has 4 aromatic rings. The van der Waals surface area contributed by atoms with Gasteiger partial charge in [-0.25, -0.2) is 23.8 Å². The van der Waals surface area contributed by atoms with E-state index in [2.05, 4.69) is 40.9 Å². The number of anilines is 3. The van der Waals surface area contributed by atoms with Gasteiger partial charge in [0.2, 0.25) is 5.95 Å². The number of H-pyrrole nitrogens is 1. The average Bonchev–Trinajstić information content (AvgIpc) is 3.61. The summed E-state index contributed by atoms with van der Waals surface area (Å²) in [6.07, 6.45) is 4.72. The molecule has 0 bridgehead atoms. The summed E-state index contributed by atoms with van der Waals surface area (Å²) in [6, 6.07) is 6.17. The fourth-order valence-electron chi connectivity index (χ4n) is 5.15. The fraction of sp³-hybridized carbons (Fsp3) is 0.346. The zero-order valence-corrected chi connectivity index (χ0v) is 22.2. The maximum atomic E-state index is 13.7. The van der Waals surface area contributed by atoms with Crippen LogP contribution in [0.25, 0.3) is 5.82 Å². The third-order valence-corrected chi connectivity index (χ3v) is 7.32. The molecule has 0 radical (unpaired) electrons. The number of carbonyl (C=O) groups is 2. The number of hydrogen-bond acceptors (Lipinski definition) is 9. The number of aromatic amines is 1. The molecule has 13 nitrogen and oxygen atoms in total. The molecule has 0 aromatic carbocycles. The first-order valence-corrected chi connectivity index (χ1v) is 12.9. The van der Waals surface area contributed by atoms with Gasteiger partial charge in [0.15, 0.2) is 17.5 Å². The van der Waals surface area contributed by atoms with Gasteiger partial charge in [0.25, 0.3) is 5.91 Å². The summed E-state index contributed by atoms with van der Waals surface area (Å²) in [4.78, 5) is 43.6. The van der Waals surface area contributed by atoms with Crippen LogP contribution in [0.5, 0.6) is 0 Å². The van der Waals surface area contributed by atoms with Crippen LogP contribution in [-0.4, -0.2) is 70.4 Å². The van der Waals surface area contributed by atoms with Crippen LogP contribution in [0.3, 0.4) is 0 Å². The first-order valence-electron chi connectivity index (χ1n) is 12.9. The lowest BCUT2D eigenvalue weighted by atomic mass is 9.87. The number of amides is 3. The topological polar surface area (TPSA) is 150 Å². The summed E-state index contributed by atoms with van der Waals surface area (Å²) in [5.74, 6) is 1.53. The second-order valence-corrected chi connectivity index (χ2v) is 10.2. The Hall–Kier alpha value is -4.88. The molecule has 0 saturated carbocycles. The molecular formula is C26H28FN11O2. The number of carbonyl (C=O) groups excluding carboxylic acids is 2. The van der Waals surface area contributed by atoms with Crippen molar-refractivity contribution in [3.63, 3.8) is 0 Å². The number of piperidine rings is 1. The van der Waals surface area contributed by atoms with Crippen molar-refractivity contribution in [3.8, 4) is 5.82 Å². The number of pyridine rings is 1. The van der Waals surface area contributed by atoms with Crippen molar-refractivity contribution >= 4 is 29.5 Å². The second kappa shape index (κ2) is 9.70. The Morgan fingerprint density at radius 1 is 1.07 bits per heavy atom. The summed E-state index contributed by atoms with van der Waals surface area (Å²) in [7, 11) is 0. The number of urea groups is 1. The van der Waals surface area contributed by atoms with Gasteiger partial charge in [0.1, 0.15) is 11.4 Å². The molecule has 40 heavy (non-hydrogen) atoms. The van der Waals surface area contributed by atoms with Crippen molar-refractivity contribution in [3.05, 3.63) is 65.6 Å². The van der Waals surface area contributed by atoms with Crippen molar-refractivity contribution in [2.45, 2.75) is 45.2 Å². The van der Waals surface area contributed by atoms with Crippen molar-refractivity contribution in [2.75, 3.05) is 23.3 Å². The monoisotopic (exact) mass is 545 g/mol. The van der Waals surface area contributed by atoms with Crippen molar-refractivity contribution in [1.29, 1.82) is 0 Å². The van der Waals surface area contributed by atoms with E-state index in [0.717, 1.165) is 17.6 Å². The van der Waals surface area contributed by atoms with Crippen molar-refractivity contribution in [1.82, 2.24) is 45.1 Å². The van der Waals surface area contributed by atoms with Crippen LogP contribution in [0.2, 0.25) is 0 Å². The molecule has 206 valence electrons. The largest absolute Gasteiger partial charge is 0.341 e. The highest BCUT2D eigenvalue weighted by Gasteiger charge is 2.54. The highest BCUT2D eigenvalue weighted by atomic mass is 19.1. The van der Waals surface area contributed by atoms with E-state index < -0.39 is 23.4 Å². The number of imide groups is 1. The summed E-state index contributed by atoms with van der Waals surface area (Å²) in [5, 5.41) is 17.1. The molecule has 14 heteroatoms. The zero-order chi connectivity index (χ0) is 28.0. The number of aromatic nitrogens is 7. The van der Waals surface area contributed by atoms with Crippen molar-refractivity contribution in [2.24, 2.45) is 0 Å². The summed E-state index contributed by atoms with van der Waals surface area (Å²) >= 11 is 0. The van der Waals surface area contributed by atoms with Crippen LogP contribution < -0.4 is 15.5 Å². The lowest BCUT2D eigenvalue weighted by molar-refractivity contribution is -0.133. The smallest absolute Gasteiger partial charge is 0.325 e. The van der Waals surface area contributed by atoms with E-state index >= 15 is 0 Å². The molecule has 6 rings (SSSR count). The Bertz CT molecular complexity index is 1570. The predicted octanol–water partition coefficient (Wildman–Crippen LogP) is 2.93. The molecule has 0 unspecified atom stereocenters. The molecule has 4 aromatic heterocycles. The van der Waals surface area contributed by atoms with Crippen LogP contribution >= 0.6 is 0 Å². The van der Waals surface area contributed by atoms with E-state index in [1.807, 2.05) is 30.9 Å². The van der Waals surface area contributed by atoms with Gasteiger partial charge in [-0.3, -0.25) is 14.8 Å². The predicted molar refractivity (Wildman–Crippen MR) is 143 cm³/mol. The molecule has 1 spiro atoms. The normalized spacial score (nSPS) is 17.4. The second-order valence-electron chi connectivity index (χ2n) is 10.2. The van der Waals surface area contributed by atoms with Gasteiger partial charge >= 0.3 is 6.03 Å². The number of nitrogens with zero attached hydrogens (tertiary/aromatic N) is 8. The maximum absolute atomic E-state index is 13.7. The molecule has 0 aliphatic carbocycles. The number of hydrogen-bond donors (Lipinski definition) is 3. The van der Waals surface area contributed by atoms with E-state index in [-0.39, 0.29) is 5.91 Å². The van der Waals surface area contributed by atoms with Crippen LogP contribution in [0, 0.1) is 19.7 Å². The SMILES string of the molecule is Cc1cc(Nc2cc(C)[nH]n2)nc(N2CCC3(CC2)NC(=O)N([C@@H](C)c2ccc(-n4cc(F)cn4)nc2)C3=O)n1. The summed E-state index contributed by atoms with van der Waals surface area (Å²) in [6.45, 7) is 6.59. The molecule has 2 fully saturated rings. The Balaban J connectivity index is 1.14. The highest BCUT2D eigenvalue weighted by Crippen LogP contribution is 2.35. The summed E-state index contributed by atoms with van der Waals surface area (Å²) in [5.41, 5.74) is 1.41. The zero-order valence-electron chi connectivity index (χ0n) is 22.2. The van der Waals surface area contributed by atoms with Gasteiger partial charge < -0.3 is 15.5 Å². The van der Waals surface area contributed by atoms with E-state index in [1.165, 1.54) is 15.8 Å². The standard InChI is InChI=1S/C26H28FN11O2/c1-15-10-20(31-21-11-16(2)34-35-21)32-24(30-15)36-8-6-26(7-9-36)23(39)38(25(40)33-26)17(3)18-4-5-22(28-12-18)37-14-19(27)13-29-37/h4-5,10-14,17H,6-9H2,1-3H3,(H,33,40)(H2,30,31,32,34,35)/t17-/m0/s1. The number of rotatable bonds is 6. The molecule has 6 heterocycles. The van der Waals surface area contributed by atoms with Crippen LogP contribution in [0.4, 0.5) is 26.8 Å². The van der Waals surface area contributed by atoms with Crippen LogP contribution in [-0.2, 0) is 4.79 Å². The number of halogens is 1. The number of aryl methyl sites for hydroxylation is 2. The molecule has 2 aliphatic rings. The highest BCUT2D eigenvalue weighted by molar-refractivity contribution is 6.07. The lowest BCUT2D eigenvalue weighted by Gasteiger charge is -2.37. The fourth-order valence-corrected chi connectivity index (χ4v) is 5.15. The quantitative estimate of drug-likeness (QED) is 0.311. The van der Waals surface area contributed by atoms with Gasteiger partial charge in [-0.1, -0.05) is 6.07 Å². The maximum Gasteiger partial charge on any atom is 0.325 e. The molecule has 3 N–H and O–H groups in total. The van der Waals surface area contributed by atoms with E-state index in [1.54, 1.807) is 25.3 Å². The third kappa shape index (κ3) is 4.61. The minimum atomic E-state index is -0.987. The average molecular weight is 546 g/mol. The van der Waals surface area contributed by atoms with Gasteiger partial charge in [-0.15, -0.1) is 0 Å². The van der Waals surface area contributed by atoms with Crippen LogP contribution in [0.15, 0.2) is 42.9 Å². The molecule has 1 atom stereocenters. The van der Waals surface area contributed by atoms with Crippen LogP contribution in [0.1, 0.15) is 42.8 Å². The Morgan fingerprint density at radius 3 is 2.52 bits per heavy atom. The first kappa shape index (κ1) is 25.4. The van der Waals surface area contributed by atoms with Gasteiger partial charge in [0.05, 0.1) is 18.4 Å². The van der Waals surface area contributed by atoms with E-state index in [4.69, 9.17) is 0 Å². The van der Waals surface area contributed by atoms with Gasteiger partial charge in [0, 0.05) is 42.8 Å². The Morgan fingerprint density at radius 2 is 1.88 bits per heavy atom. The Kier molecular flexibility index (Phi) is 6.16. The molecule has 2 aliphatic heterocycles. The van der Waals surface area contributed by atoms with E-state index in [9.17, 15) is 14.0 Å². The van der Waals surface area contributed by atoms with Crippen molar-refractivity contribution < 1.29 is 14.0 Å². The van der Waals surface area contributed by atoms with E-state index in [0.29, 0.717) is 54.9 Å².